The Morgan fingerprint density at radius 1 is 1.33 bits per heavy atom. The second-order valence-electron chi connectivity index (χ2n) is 6.46. The molecule has 18 heavy (non-hydrogen) atoms. The lowest BCUT2D eigenvalue weighted by atomic mass is 9.93. The summed E-state index contributed by atoms with van der Waals surface area (Å²) >= 11 is 1.80. The lowest BCUT2D eigenvalue weighted by Crippen LogP contribution is -2.24. The van der Waals surface area contributed by atoms with Gasteiger partial charge in [-0.15, -0.1) is 11.3 Å². The Labute approximate surface area is 116 Å². The summed E-state index contributed by atoms with van der Waals surface area (Å²) in [4.78, 5) is 4.84. The molecule has 0 amide bonds. The molecule has 0 radical (unpaired) electrons. The van der Waals surface area contributed by atoms with Gasteiger partial charge in [0.25, 0.3) is 0 Å². The van der Waals surface area contributed by atoms with Crippen LogP contribution in [0.25, 0.3) is 0 Å². The van der Waals surface area contributed by atoms with Crippen LogP contribution in [0, 0.1) is 5.92 Å². The van der Waals surface area contributed by atoms with Gasteiger partial charge in [0.05, 0.1) is 11.7 Å². The highest BCUT2D eigenvalue weighted by Gasteiger charge is 2.21. The Morgan fingerprint density at radius 2 is 2.00 bits per heavy atom. The third-order valence-corrected chi connectivity index (χ3v) is 3.89. The van der Waals surface area contributed by atoms with Gasteiger partial charge in [-0.2, -0.15) is 0 Å². The summed E-state index contributed by atoms with van der Waals surface area (Å²) in [6.45, 7) is 14.5. The number of thiazole rings is 1. The average Bonchev–Trinajstić information content (AvgIpc) is 2.72. The molecule has 1 heterocycles. The monoisotopic (exact) mass is 268 g/mol. The molecule has 2 nitrogen and oxygen atoms in total. The molecule has 1 aromatic heterocycles. The van der Waals surface area contributed by atoms with Gasteiger partial charge in [-0.25, -0.2) is 4.98 Å². The minimum absolute atomic E-state index is 0.155. The molecular formula is C15H28N2S. The summed E-state index contributed by atoms with van der Waals surface area (Å²) in [5.74, 6) is 0.696. The molecule has 0 aliphatic rings. The summed E-state index contributed by atoms with van der Waals surface area (Å²) < 4.78 is 0. The maximum atomic E-state index is 4.84. The van der Waals surface area contributed by atoms with Crippen molar-refractivity contribution in [1.29, 1.82) is 0 Å². The maximum Gasteiger partial charge on any atom is 0.110 e. The molecule has 1 atom stereocenters. The second-order valence-corrected chi connectivity index (χ2v) is 7.35. The molecule has 1 N–H and O–H groups in total. The molecule has 0 bridgehead atoms. The molecule has 0 aliphatic heterocycles. The third kappa shape index (κ3) is 4.69. The largest absolute Gasteiger partial charge is 0.308 e. The Kier molecular flexibility index (Phi) is 5.80. The Bertz CT molecular complexity index is 350. The second kappa shape index (κ2) is 6.67. The molecule has 1 aromatic rings. The highest BCUT2D eigenvalue weighted by Crippen LogP contribution is 2.29. The van der Waals surface area contributed by atoms with E-state index < -0.39 is 0 Å². The lowest BCUT2D eigenvalue weighted by molar-refractivity contribution is 0.427. The van der Waals surface area contributed by atoms with E-state index in [9.17, 15) is 0 Å². The van der Waals surface area contributed by atoms with Crippen molar-refractivity contribution >= 4 is 11.3 Å². The maximum absolute atomic E-state index is 4.84. The minimum atomic E-state index is 0.155. The Balaban J connectivity index is 2.81. The zero-order valence-corrected chi connectivity index (χ0v) is 13.5. The molecule has 0 fully saturated rings. The topological polar surface area (TPSA) is 24.9 Å². The van der Waals surface area contributed by atoms with Crippen LogP contribution in [0.3, 0.4) is 0 Å². The van der Waals surface area contributed by atoms with Crippen LogP contribution in [0.1, 0.15) is 71.1 Å². The van der Waals surface area contributed by atoms with E-state index in [-0.39, 0.29) is 5.41 Å². The third-order valence-electron chi connectivity index (χ3n) is 2.94. The van der Waals surface area contributed by atoms with Crippen molar-refractivity contribution < 1.29 is 0 Å². The average molecular weight is 268 g/mol. The molecule has 1 unspecified atom stereocenters. The summed E-state index contributed by atoms with van der Waals surface area (Å²) in [6, 6.07) is 0.422. The Hall–Kier alpha value is -0.410. The van der Waals surface area contributed by atoms with E-state index in [0.29, 0.717) is 12.0 Å². The molecule has 1 rings (SSSR count). The van der Waals surface area contributed by atoms with Gasteiger partial charge >= 0.3 is 0 Å². The van der Waals surface area contributed by atoms with Crippen LogP contribution < -0.4 is 5.32 Å². The summed E-state index contributed by atoms with van der Waals surface area (Å²) in [7, 11) is 0. The van der Waals surface area contributed by atoms with Gasteiger partial charge in [-0.05, 0) is 25.3 Å². The number of nitrogens with zero attached hydrogens (tertiary/aromatic N) is 1. The van der Waals surface area contributed by atoms with Gasteiger partial charge in [-0.3, -0.25) is 0 Å². The van der Waals surface area contributed by atoms with Gasteiger partial charge in [-0.1, -0.05) is 41.5 Å². The molecule has 104 valence electrons. The molecular weight excluding hydrogens is 240 g/mol. The summed E-state index contributed by atoms with van der Waals surface area (Å²) in [6.07, 6.45) is 2.34. The van der Waals surface area contributed by atoms with Crippen LogP contribution in [-0.4, -0.2) is 11.5 Å². The molecule has 0 spiro atoms. The predicted molar refractivity (Wildman–Crippen MR) is 81.3 cm³/mol. The molecule has 0 saturated heterocycles. The predicted octanol–water partition coefficient (Wildman–Crippen LogP) is 4.53. The van der Waals surface area contributed by atoms with Crippen molar-refractivity contribution in [2.24, 2.45) is 5.92 Å². The van der Waals surface area contributed by atoms with E-state index in [2.05, 4.69) is 52.2 Å². The van der Waals surface area contributed by atoms with E-state index in [1.165, 1.54) is 17.1 Å². The normalized spacial score (nSPS) is 14.2. The van der Waals surface area contributed by atoms with Crippen molar-refractivity contribution in [3.05, 3.63) is 16.1 Å². The van der Waals surface area contributed by atoms with Crippen LogP contribution in [0.15, 0.2) is 5.38 Å². The fraction of sp³-hybridized carbons (Fsp3) is 0.800. The first kappa shape index (κ1) is 15.6. The van der Waals surface area contributed by atoms with Crippen molar-refractivity contribution in [3.63, 3.8) is 0 Å². The highest BCUT2D eigenvalue weighted by atomic mass is 32.1. The standard InChI is InChI=1S/C15H28N2S/c1-7-8-16-12(9-11(2)3)14-17-13(10-18-14)15(4,5)6/h10-12,16H,7-9H2,1-6H3. The highest BCUT2D eigenvalue weighted by molar-refractivity contribution is 7.09. The fourth-order valence-corrected chi connectivity index (χ4v) is 2.99. The molecule has 0 saturated carbocycles. The number of hydrogen-bond donors (Lipinski definition) is 1. The van der Waals surface area contributed by atoms with Crippen LogP contribution in [-0.2, 0) is 5.41 Å². The first-order valence-electron chi connectivity index (χ1n) is 7.03. The van der Waals surface area contributed by atoms with E-state index in [4.69, 9.17) is 4.98 Å². The number of nitrogens with one attached hydrogen (secondary N) is 1. The van der Waals surface area contributed by atoms with Gasteiger partial charge in [0.15, 0.2) is 0 Å². The van der Waals surface area contributed by atoms with Gasteiger partial charge in [0.2, 0.25) is 0 Å². The van der Waals surface area contributed by atoms with E-state index in [0.717, 1.165) is 13.0 Å². The van der Waals surface area contributed by atoms with Crippen LogP contribution >= 0.6 is 11.3 Å². The molecule has 0 aliphatic carbocycles. The van der Waals surface area contributed by atoms with Gasteiger partial charge in [0, 0.05) is 10.8 Å². The van der Waals surface area contributed by atoms with E-state index >= 15 is 0 Å². The molecule has 3 heteroatoms. The van der Waals surface area contributed by atoms with Crippen molar-refractivity contribution in [2.45, 2.75) is 65.8 Å². The quantitative estimate of drug-likeness (QED) is 0.820. The van der Waals surface area contributed by atoms with Crippen LogP contribution in [0.4, 0.5) is 0 Å². The minimum Gasteiger partial charge on any atom is -0.308 e. The number of aromatic nitrogens is 1. The van der Waals surface area contributed by atoms with E-state index in [1.54, 1.807) is 11.3 Å². The van der Waals surface area contributed by atoms with Gasteiger partial charge < -0.3 is 5.32 Å². The zero-order valence-electron chi connectivity index (χ0n) is 12.7. The first-order valence-corrected chi connectivity index (χ1v) is 7.91. The van der Waals surface area contributed by atoms with Crippen LogP contribution in [0.5, 0.6) is 0 Å². The smallest absolute Gasteiger partial charge is 0.110 e. The zero-order chi connectivity index (χ0) is 13.8. The fourth-order valence-electron chi connectivity index (χ4n) is 1.85. The number of rotatable bonds is 6. The van der Waals surface area contributed by atoms with Crippen LogP contribution in [0.2, 0.25) is 0 Å². The first-order chi connectivity index (χ1) is 8.34. The number of hydrogen-bond acceptors (Lipinski definition) is 3. The SMILES string of the molecule is CCCNC(CC(C)C)c1nc(C(C)(C)C)cs1. The molecule has 0 aromatic carbocycles. The Morgan fingerprint density at radius 3 is 2.44 bits per heavy atom. The van der Waals surface area contributed by atoms with E-state index in [1.807, 2.05) is 0 Å². The summed E-state index contributed by atoms with van der Waals surface area (Å²) in [5, 5.41) is 7.10. The van der Waals surface area contributed by atoms with Crippen molar-refractivity contribution in [1.82, 2.24) is 10.3 Å². The van der Waals surface area contributed by atoms with Crippen molar-refractivity contribution in [3.8, 4) is 0 Å². The summed E-state index contributed by atoms with van der Waals surface area (Å²) in [5.41, 5.74) is 1.37. The lowest BCUT2D eigenvalue weighted by Gasteiger charge is -2.19. The van der Waals surface area contributed by atoms with Crippen molar-refractivity contribution in [2.75, 3.05) is 6.54 Å². The van der Waals surface area contributed by atoms with Gasteiger partial charge in [0.1, 0.15) is 5.01 Å².